The number of carbonyl (C=O) groups is 1. The summed E-state index contributed by atoms with van der Waals surface area (Å²) in [5.74, 6) is 0.0608. The molecule has 3 aromatic heterocycles. The zero-order valence-corrected chi connectivity index (χ0v) is 19.0. The third kappa shape index (κ3) is 4.55. The number of likely N-dealkylation sites (tertiary alicyclic amines) is 1. The van der Waals surface area contributed by atoms with E-state index in [1.54, 1.807) is 6.20 Å². The van der Waals surface area contributed by atoms with Crippen LogP contribution in [0, 0.1) is 13.8 Å². The number of anilines is 1. The number of hydrogen-bond donors (Lipinski definition) is 1. The van der Waals surface area contributed by atoms with Gasteiger partial charge in [0.25, 0.3) is 5.91 Å². The molecule has 5 rings (SSSR count). The molecular weight excluding hydrogens is 410 g/mol. The van der Waals surface area contributed by atoms with E-state index in [2.05, 4.69) is 44.5 Å². The van der Waals surface area contributed by atoms with Crippen LogP contribution in [0.15, 0.2) is 67.3 Å². The zero-order chi connectivity index (χ0) is 22.8. The second kappa shape index (κ2) is 8.98. The van der Waals surface area contributed by atoms with E-state index in [9.17, 15) is 4.79 Å². The van der Waals surface area contributed by atoms with Crippen LogP contribution in [-0.2, 0) is 0 Å². The van der Waals surface area contributed by atoms with E-state index in [-0.39, 0.29) is 5.91 Å². The monoisotopic (exact) mass is 437 g/mol. The number of nitrogens with one attached hydrogen (secondary N) is 1. The first-order valence-corrected chi connectivity index (χ1v) is 11.4. The molecule has 6 nitrogen and oxygen atoms in total. The summed E-state index contributed by atoms with van der Waals surface area (Å²) in [6.45, 7) is 5.39. The predicted molar refractivity (Wildman–Crippen MR) is 131 cm³/mol. The average molecular weight is 438 g/mol. The first-order chi connectivity index (χ1) is 16.1. The lowest BCUT2D eigenvalue weighted by molar-refractivity contribution is 0.0718. The van der Waals surface area contributed by atoms with Gasteiger partial charge in [0.1, 0.15) is 0 Å². The minimum absolute atomic E-state index is 0.0608. The molecule has 0 radical (unpaired) electrons. The summed E-state index contributed by atoms with van der Waals surface area (Å²) in [5.41, 5.74) is 5.96. The Bertz CT molecular complexity index is 1290. The summed E-state index contributed by atoms with van der Waals surface area (Å²) in [6.07, 6.45) is 9.06. The summed E-state index contributed by atoms with van der Waals surface area (Å²) in [5, 5.41) is 6.01. The van der Waals surface area contributed by atoms with Crippen molar-refractivity contribution in [2.24, 2.45) is 0 Å². The van der Waals surface area contributed by atoms with Crippen LogP contribution in [0.5, 0.6) is 0 Å². The maximum atomic E-state index is 12.8. The standard InChI is InChI=1S/C27H27N5O/c1-18-3-4-22(16-30-18)27(33)32-11-7-24(8-12-32)31-26-15-23(20-6-10-29-19(2)13-20)14-21-5-9-28-17-25(21)26/h3-6,9-10,13-17,24,31H,7-8,11-12H2,1-2H3. The summed E-state index contributed by atoms with van der Waals surface area (Å²) in [7, 11) is 0. The van der Waals surface area contributed by atoms with Crippen molar-refractivity contribution in [2.45, 2.75) is 32.7 Å². The van der Waals surface area contributed by atoms with E-state index in [0.29, 0.717) is 11.6 Å². The van der Waals surface area contributed by atoms with Gasteiger partial charge < -0.3 is 10.2 Å². The molecule has 0 spiro atoms. The number of aromatic nitrogens is 3. The molecule has 1 fully saturated rings. The minimum atomic E-state index is 0.0608. The third-order valence-electron chi connectivity index (χ3n) is 6.29. The molecule has 1 amide bonds. The van der Waals surface area contributed by atoms with E-state index in [0.717, 1.165) is 64.9 Å². The number of carbonyl (C=O) groups excluding carboxylic acids is 1. The Hall–Kier alpha value is -3.80. The largest absolute Gasteiger partial charge is 0.382 e. The number of hydrogen-bond acceptors (Lipinski definition) is 5. The summed E-state index contributed by atoms with van der Waals surface area (Å²) < 4.78 is 0. The molecule has 33 heavy (non-hydrogen) atoms. The first kappa shape index (κ1) is 21.1. The highest BCUT2D eigenvalue weighted by Crippen LogP contribution is 2.32. The molecule has 0 bridgehead atoms. The lowest BCUT2D eigenvalue weighted by atomic mass is 9.99. The van der Waals surface area contributed by atoms with Gasteiger partial charge in [-0.2, -0.15) is 0 Å². The molecule has 166 valence electrons. The molecule has 6 heteroatoms. The fourth-order valence-corrected chi connectivity index (χ4v) is 4.43. The van der Waals surface area contributed by atoms with E-state index in [4.69, 9.17) is 0 Å². The molecule has 4 heterocycles. The minimum Gasteiger partial charge on any atom is -0.382 e. The van der Waals surface area contributed by atoms with Gasteiger partial charge in [-0.15, -0.1) is 0 Å². The van der Waals surface area contributed by atoms with E-state index in [1.165, 1.54) is 0 Å². The van der Waals surface area contributed by atoms with Crippen LogP contribution in [0.4, 0.5) is 5.69 Å². The Morgan fingerprint density at radius 3 is 2.52 bits per heavy atom. The summed E-state index contributed by atoms with van der Waals surface area (Å²) in [6, 6.07) is 14.7. The van der Waals surface area contributed by atoms with Gasteiger partial charge in [-0.1, -0.05) is 0 Å². The van der Waals surface area contributed by atoms with E-state index >= 15 is 0 Å². The van der Waals surface area contributed by atoms with Crippen LogP contribution in [0.25, 0.3) is 21.9 Å². The van der Waals surface area contributed by atoms with Crippen molar-refractivity contribution in [3.63, 3.8) is 0 Å². The predicted octanol–water partition coefficient (Wildman–Crippen LogP) is 5.03. The van der Waals surface area contributed by atoms with Crippen molar-refractivity contribution in [2.75, 3.05) is 18.4 Å². The van der Waals surface area contributed by atoms with Crippen molar-refractivity contribution in [3.05, 3.63) is 84.2 Å². The fraction of sp³-hybridized carbons (Fsp3) is 0.259. The lowest BCUT2D eigenvalue weighted by Gasteiger charge is -2.33. The Kier molecular flexibility index (Phi) is 5.73. The number of nitrogens with zero attached hydrogens (tertiary/aromatic N) is 4. The summed E-state index contributed by atoms with van der Waals surface area (Å²) >= 11 is 0. The second-order valence-corrected chi connectivity index (χ2v) is 8.71. The van der Waals surface area contributed by atoms with Gasteiger partial charge in [0.2, 0.25) is 0 Å². The quantitative estimate of drug-likeness (QED) is 0.485. The number of fused-ring (bicyclic) bond motifs is 1. The van der Waals surface area contributed by atoms with Crippen molar-refractivity contribution < 1.29 is 4.79 Å². The first-order valence-electron chi connectivity index (χ1n) is 11.4. The number of amides is 1. The maximum absolute atomic E-state index is 12.8. The van der Waals surface area contributed by atoms with Gasteiger partial charge in [0.05, 0.1) is 5.56 Å². The number of pyridine rings is 3. The van der Waals surface area contributed by atoms with Gasteiger partial charge in [-0.3, -0.25) is 19.7 Å². The van der Waals surface area contributed by atoms with Crippen molar-refractivity contribution >= 4 is 22.4 Å². The molecule has 1 aromatic carbocycles. The normalized spacial score (nSPS) is 14.4. The van der Waals surface area contributed by atoms with Gasteiger partial charge in [-0.25, -0.2) is 0 Å². The SMILES string of the molecule is Cc1ccc(C(=O)N2CCC(Nc3cc(-c4ccnc(C)c4)cc4ccncc34)CC2)cn1. The third-order valence-corrected chi connectivity index (χ3v) is 6.29. The molecule has 1 aliphatic rings. The number of rotatable bonds is 4. The highest BCUT2D eigenvalue weighted by atomic mass is 16.2. The highest BCUT2D eigenvalue weighted by molar-refractivity contribution is 5.97. The van der Waals surface area contributed by atoms with Gasteiger partial charge in [-0.05, 0) is 85.7 Å². The second-order valence-electron chi connectivity index (χ2n) is 8.71. The van der Waals surface area contributed by atoms with Crippen LogP contribution < -0.4 is 5.32 Å². The van der Waals surface area contributed by atoms with Crippen LogP contribution in [-0.4, -0.2) is 44.9 Å². The van der Waals surface area contributed by atoms with E-state index in [1.807, 2.05) is 55.5 Å². The molecular formula is C27H27N5O. The Morgan fingerprint density at radius 1 is 0.909 bits per heavy atom. The van der Waals surface area contributed by atoms with Crippen LogP contribution in [0.1, 0.15) is 34.6 Å². The number of benzene rings is 1. The topological polar surface area (TPSA) is 71.0 Å². The van der Waals surface area contributed by atoms with E-state index < -0.39 is 0 Å². The van der Waals surface area contributed by atoms with Crippen LogP contribution in [0.3, 0.4) is 0 Å². The van der Waals surface area contributed by atoms with Crippen molar-refractivity contribution in [1.29, 1.82) is 0 Å². The Balaban J connectivity index is 1.34. The maximum Gasteiger partial charge on any atom is 0.255 e. The van der Waals surface area contributed by atoms with Crippen LogP contribution >= 0.6 is 0 Å². The van der Waals surface area contributed by atoms with Crippen LogP contribution in [0.2, 0.25) is 0 Å². The molecule has 1 saturated heterocycles. The number of piperidine rings is 1. The highest BCUT2D eigenvalue weighted by Gasteiger charge is 2.24. The lowest BCUT2D eigenvalue weighted by Crippen LogP contribution is -2.42. The smallest absolute Gasteiger partial charge is 0.255 e. The molecule has 0 saturated carbocycles. The molecule has 0 atom stereocenters. The Labute approximate surface area is 193 Å². The molecule has 0 aliphatic carbocycles. The molecule has 4 aromatic rings. The number of aryl methyl sites for hydroxylation is 2. The summed E-state index contributed by atoms with van der Waals surface area (Å²) in [4.78, 5) is 27.7. The molecule has 1 N–H and O–H groups in total. The Morgan fingerprint density at radius 2 is 1.76 bits per heavy atom. The van der Waals surface area contributed by atoms with Gasteiger partial charge in [0, 0.05) is 66.4 Å². The average Bonchev–Trinajstić information content (AvgIpc) is 2.84. The van der Waals surface area contributed by atoms with Gasteiger partial charge >= 0.3 is 0 Å². The fourth-order valence-electron chi connectivity index (χ4n) is 4.43. The van der Waals surface area contributed by atoms with Gasteiger partial charge in [0.15, 0.2) is 0 Å². The zero-order valence-electron chi connectivity index (χ0n) is 19.0. The van der Waals surface area contributed by atoms with Crippen molar-refractivity contribution in [3.8, 4) is 11.1 Å². The van der Waals surface area contributed by atoms with Crippen molar-refractivity contribution in [1.82, 2.24) is 19.9 Å². The molecule has 0 unspecified atom stereocenters. The molecule has 1 aliphatic heterocycles.